The Morgan fingerprint density at radius 2 is 2.16 bits per heavy atom. The highest BCUT2D eigenvalue weighted by Gasteiger charge is 2.13. The molecule has 2 aromatic rings. The number of amides is 1. The lowest BCUT2D eigenvalue weighted by Gasteiger charge is -2.09. The molecule has 100 valence electrons. The number of nitrogen functional groups attached to an aromatic ring is 1. The largest absolute Gasteiger partial charge is 0.384 e. The van der Waals surface area contributed by atoms with Crippen molar-refractivity contribution in [1.29, 1.82) is 0 Å². The third kappa shape index (κ3) is 2.87. The van der Waals surface area contributed by atoms with Gasteiger partial charge in [-0.05, 0) is 18.1 Å². The first-order valence-corrected chi connectivity index (χ1v) is 5.90. The molecule has 2 aromatic heterocycles. The summed E-state index contributed by atoms with van der Waals surface area (Å²) in [4.78, 5) is 20.2. The molecular formula is C12H16N6O. The van der Waals surface area contributed by atoms with Gasteiger partial charge in [0.25, 0.3) is 5.91 Å². The lowest BCUT2D eigenvalue weighted by Crippen LogP contribution is -2.16. The minimum Gasteiger partial charge on any atom is -0.384 e. The van der Waals surface area contributed by atoms with Gasteiger partial charge in [-0.2, -0.15) is 10.1 Å². The number of rotatable bonds is 3. The molecule has 19 heavy (non-hydrogen) atoms. The molecule has 0 atom stereocenters. The summed E-state index contributed by atoms with van der Waals surface area (Å²) in [7, 11) is 1.70. The fourth-order valence-corrected chi connectivity index (χ4v) is 1.58. The Balaban J connectivity index is 2.26. The molecule has 7 nitrogen and oxygen atoms in total. The van der Waals surface area contributed by atoms with Crippen LogP contribution in [0.1, 0.15) is 35.8 Å². The van der Waals surface area contributed by atoms with Gasteiger partial charge in [0.15, 0.2) is 0 Å². The van der Waals surface area contributed by atoms with Gasteiger partial charge in [-0.1, -0.05) is 13.8 Å². The van der Waals surface area contributed by atoms with Gasteiger partial charge in [0.05, 0.1) is 0 Å². The number of aromatic nitrogens is 4. The van der Waals surface area contributed by atoms with Crippen molar-refractivity contribution in [2.75, 3.05) is 11.1 Å². The van der Waals surface area contributed by atoms with Crippen LogP contribution in [0.3, 0.4) is 0 Å². The minimum atomic E-state index is -0.285. The van der Waals surface area contributed by atoms with Crippen LogP contribution >= 0.6 is 0 Å². The van der Waals surface area contributed by atoms with Crippen LogP contribution in [0.2, 0.25) is 0 Å². The number of nitrogens with two attached hydrogens (primary N) is 1. The molecule has 7 heteroatoms. The molecule has 0 spiro atoms. The van der Waals surface area contributed by atoms with Crippen molar-refractivity contribution in [3.8, 4) is 0 Å². The predicted molar refractivity (Wildman–Crippen MR) is 71.7 cm³/mol. The third-order valence-corrected chi connectivity index (χ3v) is 2.66. The molecule has 0 saturated carbocycles. The standard InChI is InChI=1S/C12H16N6O/c1-7(2)9-4-8(5-10(13)16-9)11(19)17-12-14-6-15-18(12)3/h4-7H,1-3H3,(H2,13,16)(H,14,15,17,19). The molecule has 0 aliphatic rings. The third-order valence-electron chi connectivity index (χ3n) is 2.66. The number of anilines is 2. The number of aryl methyl sites for hydroxylation is 1. The lowest BCUT2D eigenvalue weighted by atomic mass is 10.1. The number of carbonyl (C=O) groups is 1. The van der Waals surface area contributed by atoms with Crippen LogP contribution in [0, 0.1) is 0 Å². The molecule has 1 amide bonds. The van der Waals surface area contributed by atoms with Crippen LogP contribution in [0.15, 0.2) is 18.5 Å². The first-order valence-electron chi connectivity index (χ1n) is 5.90. The van der Waals surface area contributed by atoms with E-state index in [9.17, 15) is 4.79 Å². The van der Waals surface area contributed by atoms with Gasteiger partial charge < -0.3 is 5.73 Å². The summed E-state index contributed by atoms with van der Waals surface area (Å²) < 4.78 is 1.48. The maximum absolute atomic E-state index is 12.1. The van der Waals surface area contributed by atoms with E-state index in [1.165, 1.54) is 17.1 Å². The molecule has 0 aromatic carbocycles. The van der Waals surface area contributed by atoms with Crippen LogP contribution in [0.25, 0.3) is 0 Å². The van der Waals surface area contributed by atoms with Gasteiger partial charge in [-0.15, -0.1) is 0 Å². The zero-order chi connectivity index (χ0) is 14.0. The number of nitrogens with zero attached hydrogens (tertiary/aromatic N) is 4. The van der Waals surface area contributed by atoms with E-state index in [0.717, 1.165) is 5.69 Å². The highest BCUT2D eigenvalue weighted by molar-refractivity contribution is 6.03. The molecular weight excluding hydrogens is 244 g/mol. The molecule has 2 heterocycles. The Morgan fingerprint density at radius 1 is 1.42 bits per heavy atom. The highest BCUT2D eigenvalue weighted by atomic mass is 16.1. The van der Waals surface area contributed by atoms with Gasteiger partial charge in [-0.25, -0.2) is 9.67 Å². The number of carbonyl (C=O) groups excluding carboxylic acids is 1. The molecule has 0 fully saturated rings. The SMILES string of the molecule is CC(C)c1cc(C(=O)Nc2ncnn2C)cc(N)n1. The minimum absolute atomic E-state index is 0.199. The highest BCUT2D eigenvalue weighted by Crippen LogP contribution is 2.16. The Hall–Kier alpha value is -2.44. The summed E-state index contributed by atoms with van der Waals surface area (Å²) in [5.41, 5.74) is 6.95. The van der Waals surface area contributed by atoms with E-state index in [0.29, 0.717) is 17.3 Å². The quantitative estimate of drug-likeness (QED) is 0.863. The van der Waals surface area contributed by atoms with Gasteiger partial charge in [0, 0.05) is 18.3 Å². The first kappa shape index (κ1) is 13.0. The fourth-order valence-electron chi connectivity index (χ4n) is 1.58. The Morgan fingerprint density at radius 3 is 2.74 bits per heavy atom. The van der Waals surface area contributed by atoms with Crippen LogP contribution in [-0.2, 0) is 7.05 Å². The van der Waals surface area contributed by atoms with E-state index < -0.39 is 0 Å². The van der Waals surface area contributed by atoms with Crippen LogP contribution in [-0.4, -0.2) is 25.7 Å². The molecule has 0 radical (unpaired) electrons. The Labute approximate surface area is 110 Å². The van der Waals surface area contributed by atoms with Gasteiger partial charge in [0.2, 0.25) is 5.95 Å². The fraction of sp³-hybridized carbons (Fsp3) is 0.333. The summed E-state index contributed by atoms with van der Waals surface area (Å²) in [6, 6.07) is 3.27. The molecule has 2 rings (SSSR count). The second-order valence-electron chi connectivity index (χ2n) is 4.52. The van der Waals surface area contributed by atoms with E-state index in [-0.39, 0.29) is 11.8 Å². The van der Waals surface area contributed by atoms with Gasteiger partial charge in [-0.3, -0.25) is 10.1 Å². The molecule has 0 aliphatic carbocycles. The van der Waals surface area contributed by atoms with E-state index in [4.69, 9.17) is 5.73 Å². The van der Waals surface area contributed by atoms with Crippen molar-refractivity contribution in [2.45, 2.75) is 19.8 Å². The van der Waals surface area contributed by atoms with Crippen molar-refractivity contribution in [2.24, 2.45) is 7.05 Å². The van der Waals surface area contributed by atoms with Gasteiger partial charge >= 0.3 is 0 Å². The predicted octanol–water partition coefficient (Wildman–Crippen LogP) is 1.17. The number of pyridine rings is 1. The molecule has 3 N–H and O–H groups in total. The summed E-state index contributed by atoms with van der Waals surface area (Å²) in [5, 5.41) is 6.55. The summed E-state index contributed by atoms with van der Waals surface area (Å²) >= 11 is 0. The summed E-state index contributed by atoms with van der Waals surface area (Å²) in [5.74, 6) is 0.623. The zero-order valence-corrected chi connectivity index (χ0v) is 11.1. The van der Waals surface area contributed by atoms with Crippen LogP contribution in [0.5, 0.6) is 0 Å². The lowest BCUT2D eigenvalue weighted by molar-refractivity contribution is 0.102. The van der Waals surface area contributed by atoms with Crippen molar-refractivity contribution >= 4 is 17.7 Å². The number of hydrogen-bond acceptors (Lipinski definition) is 5. The van der Waals surface area contributed by atoms with E-state index in [2.05, 4.69) is 20.4 Å². The van der Waals surface area contributed by atoms with Crippen molar-refractivity contribution in [3.63, 3.8) is 0 Å². The maximum Gasteiger partial charge on any atom is 0.258 e. The van der Waals surface area contributed by atoms with Gasteiger partial charge in [0.1, 0.15) is 12.1 Å². The normalized spacial score (nSPS) is 10.7. The van der Waals surface area contributed by atoms with Crippen LogP contribution in [0.4, 0.5) is 11.8 Å². The molecule has 0 bridgehead atoms. The summed E-state index contributed by atoms with van der Waals surface area (Å²) in [6.45, 7) is 3.98. The summed E-state index contributed by atoms with van der Waals surface area (Å²) in [6.07, 6.45) is 1.37. The van der Waals surface area contributed by atoms with Crippen molar-refractivity contribution < 1.29 is 4.79 Å². The smallest absolute Gasteiger partial charge is 0.258 e. The molecule has 0 unspecified atom stereocenters. The Kier molecular flexibility index (Phi) is 3.46. The molecule has 0 saturated heterocycles. The number of nitrogens with one attached hydrogen (secondary N) is 1. The zero-order valence-electron chi connectivity index (χ0n) is 11.1. The second-order valence-corrected chi connectivity index (χ2v) is 4.52. The average molecular weight is 260 g/mol. The first-order chi connectivity index (χ1) is 8.97. The van der Waals surface area contributed by atoms with E-state index in [1.54, 1.807) is 13.1 Å². The van der Waals surface area contributed by atoms with Crippen molar-refractivity contribution in [1.82, 2.24) is 19.7 Å². The van der Waals surface area contributed by atoms with Crippen LogP contribution < -0.4 is 11.1 Å². The Bertz CT molecular complexity index is 604. The van der Waals surface area contributed by atoms with E-state index >= 15 is 0 Å². The molecule has 0 aliphatic heterocycles. The average Bonchev–Trinajstić information content (AvgIpc) is 2.74. The topological polar surface area (TPSA) is 98.7 Å². The second kappa shape index (κ2) is 5.05. The monoisotopic (exact) mass is 260 g/mol. The number of hydrogen-bond donors (Lipinski definition) is 2. The van der Waals surface area contributed by atoms with Crippen molar-refractivity contribution in [3.05, 3.63) is 29.7 Å². The van der Waals surface area contributed by atoms with E-state index in [1.807, 2.05) is 13.8 Å². The maximum atomic E-state index is 12.1.